The summed E-state index contributed by atoms with van der Waals surface area (Å²) >= 11 is 7.19. The second kappa shape index (κ2) is 6.35. The highest BCUT2D eigenvalue weighted by Gasteiger charge is 2.20. The van der Waals surface area contributed by atoms with Crippen molar-refractivity contribution in [2.75, 3.05) is 6.61 Å². The average molecular weight is 339 g/mol. The molecule has 0 fully saturated rings. The number of carbonyl (C=O) groups excluding carboxylic acids is 1. The normalized spacial score (nSPS) is 12.3. The molecule has 3 rings (SSSR count). The maximum Gasteiger partial charge on any atom is 0.274 e. The van der Waals surface area contributed by atoms with Gasteiger partial charge in [-0.05, 0) is 24.3 Å². The predicted molar refractivity (Wildman–Crippen MR) is 80.8 cm³/mol. The first-order chi connectivity index (χ1) is 10.7. The zero-order valence-electron chi connectivity index (χ0n) is 11.2. The first-order valence-electron chi connectivity index (χ1n) is 6.35. The van der Waals surface area contributed by atoms with Crippen molar-refractivity contribution >= 4 is 28.8 Å². The molecule has 0 saturated heterocycles. The molecule has 22 heavy (non-hydrogen) atoms. The molecule has 0 spiro atoms. The molecule has 0 aliphatic heterocycles. The Balaban J connectivity index is 1.74. The smallest absolute Gasteiger partial charge is 0.274 e. The molecule has 0 aliphatic rings. The maximum atomic E-state index is 12.1. The van der Waals surface area contributed by atoms with Crippen molar-refractivity contribution < 1.29 is 18.8 Å². The summed E-state index contributed by atoms with van der Waals surface area (Å²) in [5.41, 5.74) is 0.115. The molecule has 1 amide bonds. The van der Waals surface area contributed by atoms with E-state index in [1.54, 1.807) is 24.3 Å². The van der Waals surface area contributed by atoms with Gasteiger partial charge in [0.25, 0.3) is 5.91 Å². The van der Waals surface area contributed by atoms with Gasteiger partial charge in [0.15, 0.2) is 11.5 Å². The van der Waals surface area contributed by atoms with Gasteiger partial charge in [-0.3, -0.25) is 4.79 Å². The van der Waals surface area contributed by atoms with Crippen molar-refractivity contribution in [2.45, 2.75) is 6.04 Å². The zero-order chi connectivity index (χ0) is 15.5. The van der Waals surface area contributed by atoms with Crippen LogP contribution >= 0.6 is 22.9 Å². The van der Waals surface area contributed by atoms with Gasteiger partial charge in [0.05, 0.1) is 22.1 Å². The Labute approximate surface area is 134 Å². The third-order valence-electron chi connectivity index (χ3n) is 2.93. The van der Waals surface area contributed by atoms with Gasteiger partial charge in [0.2, 0.25) is 0 Å². The van der Waals surface area contributed by atoms with Crippen LogP contribution in [0.1, 0.15) is 22.3 Å². The van der Waals surface area contributed by atoms with E-state index in [0.717, 1.165) is 4.88 Å². The number of aliphatic hydroxyl groups is 1. The van der Waals surface area contributed by atoms with Crippen molar-refractivity contribution in [3.8, 4) is 10.6 Å². The Morgan fingerprint density at radius 1 is 1.45 bits per heavy atom. The molecule has 3 aromatic rings. The van der Waals surface area contributed by atoms with E-state index in [0.29, 0.717) is 15.9 Å². The van der Waals surface area contributed by atoms with Crippen LogP contribution < -0.4 is 5.32 Å². The third-order valence-corrected chi connectivity index (χ3v) is 4.18. The summed E-state index contributed by atoms with van der Waals surface area (Å²) in [5.74, 6) is 0.457. The van der Waals surface area contributed by atoms with E-state index in [-0.39, 0.29) is 12.3 Å². The van der Waals surface area contributed by atoms with E-state index >= 15 is 0 Å². The fourth-order valence-electron chi connectivity index (χ4n) is 1.87. The van der Waals surface area contributed by atoms with Gasteiger partial charge < -0.3 is 19.4 Å². The molecule has 8 heteroatoms. The summed E-state index contributed by atoms with van der Waals surface area (Å²) in [6.45, 7) is -0.287. The van der Waals surface area contributed by atoms with Gasteiger partial charge in [0.1, 0.15) is 11.8 Å². The molecule has 1 unspecified atom stereocenters. The van der Waals surface area contributed by atoms with Gasteiger partial charge in [0, 0.05) is 6.07 Å². The molecule has 6 nitrogen and oxygen atoms in total. The second-order valence-electron chi connectivity index (χ2n) is 4.40. The SMILES string of the molecule is O=C(NC(CO)c1ccco1)c1cc(-c2ccc(Cl)s2)on1. The quantitative estimate of drug-likeness (QED) is 0.746. The first kappa shape index (κ1) is 14.8. The maximum absolute atomic E-state index is 12.1. The highest BCUT2D eigenvalue weighted by molar-refractivity contribution is 7.19. The number of halogens is 1. The summed E-state index contributed by atoms with van der Waals surface area (Å²) in [6.07, 6.45) is 1.47. The lowest BCUT2D eigenvalue weighted by Crippen LogP contribution is -2.30. The van der Waals surface area contributed by atoms with E-state index in [1.165, 1.54) is 23.7 Å². The molecule has 0 aliphatic carbocycles. The van der Waals surface area contributed by atoms with Crippen LogP contribution in [0.25, 0.3) is 10.6 Å². The molecule has 114 valence electrons. The average Bonchev–Trinajstić information content (AvgIpc) is 3.24. The molecule has 2 N–H and O–H groups in total. The number of hydrogen-bond donors (Lipinski definition) is 2. The highest BCUT2D eigenvalue weighted by atomic mass is 35.5. The lowest BCUT2D eigenvalue weighted by Gasteiger charge is -2.12. The second-order valence-corrected chi connectivity index (χ2v) is 6.12. The number of carbonyl (C=O) groups is 1. The minimum absolute atomic E-state index is 0.115. The fourth-order valence-corrected chi connectivity index (χ4v) is 2.86. The molecular formula is C14H11ClN2O4S. The number of hydrogen-bond acceptors (Lipinski definition) is 6. The standard InChI is InChI=1S/C14H11ClN2O4S/c15-13-4-3-12(22-13)11-6-8(17-21-11)14(19)16-9(7-18)10-2-1-5-20-10/h1-6,9,18H,7H2,(H,16,19). The largest absolute Gasteiger partial charge is 0.467 e. The van der Waals surface area contributed by atoms with Crippen LogP contribution in [0, 0.1) is 0 Å². The minimum Gasteiger partial charge on any atom is -0.467 e. The van der Waals surface area contributed by atoms with Crippen molar-refractivity contribution in [1.29, 1.82) is 0 Å². The predicted octanol–water partition coefficient (Wildman–Crippen LogP) is 3.11. The van der Waals surface area contributed by atoms with Crippen LogP contribution in [-0.2, 0) is 0 Å². The molecule has 1 atom stereocenters. The Bertz CT molecular complexity index is 766. The Morgan fingerprint density at radius 3 is 2.95 bits per heavy atom. The van der Waals surface area contributed by atoms with Gasteiger partial charge in [-0.1, -0.05) is 16.8 Å². The monoisotopic (exact) mass is 338 g/mol. The van der Waals surface area contributed by atoms with Crippen molar-refractivity contribution in [2.24, 2.45) is 0 Å². The topological polar surface area (TPSA) is 88.5 Å². The highest BCUT2D eigenvalue weighted by Crippen LogP contribution is 2.31. The summed E-state index contributed by atoms with van der Waals surface area (Å²) in [5, 5.41) is 15.7. The molecule has 0 aromatic carbocycles. The van der Waals surface area contributed by atoms with Crippen LogP contribution in [0.5, 0.6) is 0 Å². The number of rotatable bonds is 5. The minimum atomic E-state index is -0.640. The molecule has 0 bridgehead atoms. The third kappa shape index (κ3) is 3.06. The van der Waals surface area contributed by atoms with E-state index in [2.05, 4.69) is 10.5 Å². The molecule has 3 heterocycles. The van der Waals surface area contributed by atoms with E-state index in [9.17, 15) is 9.90 Å². The van der Waals surface area contributed by atoms with Gasteiger partial charge in [-0.15, -0.1) is 11.3 Å². The molecule has 3 aromatic heterocycles. The Morgan fingerprint density at radius 2 is 2.32 bits per heavy atom. The number of thiophene rings is 1. The lowest BCUT2D eigenvalue weighted by molar-refractivity contribution is 0.0898. The van der Waals surface area contributed by atoms with Gasteiger partial charge in [-0.25, -0.2) is 0 Å². The molecule has 0 radical (unpaired) electrons. The van der Waals surface area contributed by atoms with Crippen LogP contribution in [0.4, 0.5) is 0 Å². The fraction of sp³-hybridized carbons (Fsp3) is 0.143. The number of amides is 1. The molecular weight excluding hydrogens is 328 g/mol. The van der Waals surface area contributed by atoms with Gasteiger partial charge >= 0.3 is 0 Å². The summed E-state index contributed by atoms with van der Waals surface area (Å²) in [4.78, 5) is 12.9. The van der Waals surface area contributed by atoms with E-state index in [1.807, 2.05) is 0 Å². The number of nitrogens with zero attached hydrogens (tertiary/aromatic N) is 1. The number of nitrogens with one attached hydrogen (secondary N) is 1. The van der Waals surface area contributed by atoms with E-state index in [4.69, 9.17) is 20.5 Å². The Kier molecular flexibility index (Phi) is 4.28. The number of furan rings is 1. The summed E-state index contributed by atoms with van der Waals surface area (Å²) < 4.78 is 10.9. The van der Waals surface area contributed by atoms with Crippen LogP contribution in [0.2, 0.25) is 4.34 Å². The lowest BCUT2D eigenvalue weighted by atomic mass is 10.2. The van der Waals surface area contributed by atoms with Crippen molar-refractivity contribution in [3.63, 3.8) is 0 Å². The summed E-state index contributed by atoms with van der Waals surface area (Å²) in [7, 11) is 0. The van der Waals surface area contributed by atoms with Crippen LogP contribution in [0.3, 0.4) is 0 Å². The zero-order valence-corrected chi connectivity index (χ0v) is 12.7. The van der Waals surface area contributed by atoms with E-state index < -0.39 is 11.9 Å². The molecule has 0 saturated carbocycles. The van der Waals surface area contributed by atoms with Crippen molar-refractivity contribution in [3.05, 3.63) is 52.4 Å². The van der Waals surface area contributed by atoms with Crippen LogP contribution in [-0.4, -0.2) is 22.8 Å². The summed E-state index contributed by atoms with van der Waals surface area (Å²) in [6, 6.07) is 7.76. The number of aromatic nitrogens is 1. The first-order valence-corrected chi connectivity index (χ1v) is 7.54. The number of aliphatic hydroxyl groups excluding tert-OH is 1. The Hall–Kier alpha value is -2.09. The van der Waals surface area contributed by atoms with Crippen LogP contribution in [0.15, 0.2) is 45.5 Å². The van der Waals surface area contributed by atoms with Gasteiger partial charge in [-0.2, -0.15) is 0 Å². The van der Waals surface area contributed by atoms with Crippen molar-refractivity contribution in [1.82, 2.24) is 10.5 Å².